The number of nitrogens with zero attached hydrogens (tertiary/aromatic N) is 3. The predicted octanol–water partition coefficient (Wildman–Crippen LogP) is 4.73. The number of piperidine rings is 1. The molecule has 2 aliphatic carbocycles. The Kier molecular flexibility index (Phi) is 5.47. The van der Waals surface area contributed by atoms with E-state index in [0.29, 0.717) is 31.4 Å². The number of halogens is 2. The number of likely N-dealkylation sites (tertiary alicyclic amines) is 1. The minimum atomic E-state index is -2.49. The molecular formula is C22H27F2N3O2S. The molecule has 0 N–H and O–H groups in total. The lowest BCUT2D eigenvalue weighted by atomic mass is 9.90. The van der Waals surface area contributed by atoms with Crippen molar-refractivity contribution in [3.8, 4) is 5.88 Å². The van der Waals surface area contributed by atoms with Crippen molar-refractivity contribution in [2.75, 3.05) is 13.1 Å². The van der Waals surface area contributed by atoms with E-state index in [4.69, 9.17) is 4.74 Å². The summed E-state index contributed by atoms with van der Waals surface area (Å²) in [4.78, 5) is 24.5. The van der Waals surface area contributed by atoms with E-state index in [9.17, 15) is 13.6 Å². The van der Waals surface area contributed by atoms with E-state index >= 15 is 0 Å². The normalized spacial score (nSPS) is 29.1. The van der Waals surface area contributed by atoms with Crippen molar-refractivity contribution in [3.63, 3.8) is 0 Å². The Morgan fingerprint density at radius 3 is 2.67 bits per heavy atom. The molecule has 2 aromatic heterocycles. The third kappa shape index (κ3) is 3.84. The molecule has 0 aromatic carbocycles. The molecule has 2 aromatic rings. The zero-order chi connectivity index (χ0) is 20.7. The second-order valence-corrected chi connectivity index (χ2v) is 9.96. The van der Waals surface area contributed by atoms with Crippen molar-refractivity contribution in [2.45, 2.75) is 81.8 Å². The lowest BCUT2D eigenvalue weighted by Gasteiger charge is -2.40. The van der Waals surface area contributed by atoms with E-state index in [0.717, 1.165) is 55.0 Å². The lowest BCUT2D eigenvalue weighted by molar-refractivity contribution is -0.108. The molecule has 1 saturated carbocycles. The summed E-state index contributed by atoms with van der Waals surface area (Å²) in [7, 11) is 0. The summed E-state index contributed by atoms with van der Waals surface area (Å²) in [6.07, 6.45) is 8.92. The predicted molar refractivity (Wildman–Crippen MR) is 112 cm³/mol. The number of aromatic nitrogens is 2. The van der Waals surface area contributed by atoms with Crippen molar-refractivity contribution < 1.29 is 18.3 Å². The Hall–Kier alpha value is -1.67. The molecule has 3 heterocycles. The van der Waals surface area contributed by atoms with Gasteiger partial charge in [0.15, 0.2) is 0 Å². The number of ether oxygens (including phenoxy) is 1. The zero-order valence-corrected chi connectivity index (χ0v) is 17.8. The number of hydrogen-bond donors (Lipinski definition) is 0. The fourth-order valence-corrected chi connectivity index (χ4v) is 6.62. The number of fused-ring (bicyclic) bond motifs is 3. The van der Waals surface area contributed by atoms with Crippen molar-refractivity contribution in [1.29, 1.82) is 0 Å². The zero-order valence-electron chi connectivity index (χ0n) is 17.0. The van der Waals surface area contributed by atoms with Gasteiger partial charge in [-0.1, -0.05) is 0 Å². The van der Waals surface area contributed by atoms with Gasteiger partial charge in [-0.2, -0.15) is 0 Å². The number of rotatable bonds is 5. The quantitative estimate of drug-likeness (QED) is 0.636. The summed E-state index contributed by atoms with van der Waals surface area (Å²) in [5.74, 6) is -1.60. The number of aldehydes is 1. The second kappa shape index (κ2) is 8.11. The third-order valence-corrected chi connectivity index (χ3v) is 8.22. The second-order valence-electron chi connectivity index (χ2n) is 8.88. The third-order valence-electron chi connectivity index (χ3n) is 7.04. The number of alkyl halides is 2. The Morgan fingerprint density at radius 2 is 1.93 bits per heavy atom. The van der Waals surface area contributed by atoms with Crippen LogP contribution in [0.3, 0.4) is 0 Å². The van der Waals surface area contributed by atoms with E-state index in [1.165, 1.54) is 10.4 Å². The highest BCUT2D eigenvalue weighted by Gasteiger charge is 2.37. The smallest absolute Gasteiger partial charge is 0.250 e. The standard InChI is InChI=1S/C22H27F2N3O2S/c23-22(24)8-10-27(11-9-22)15-2-4-16(5-3-15)29-20-19-18-14(7-12-28)1-6-17(18)30-21(19)26-13-25-20/h12-16H,1-11H2/t14-,15-,16-/m1/s1. The molecule has 1 aliphatic heterocycles. The van der Waals surface area contributed by atoms with Crippen LogP contribution in [0, 0.1) is 0 Å². The molecule has 162 valence electrons. The molecule has 5 rings (SSSR count). The number of hydrogen-bond acceptors (Lipinski definition) is 6. The van der Waals surface area contributed by atoms with Gasteiger partial charge in [0.25, 0.3) is 5.92 Å². The summed E-state index contributed by atoms with van der Waals surface area (Å²) in [6, 6.07) is 0.383. The van der Waals surface area contributed by atoms with Crippen molar-refractivity contribution in [1.82, 2.24) is 14.9 Å². The summed E-state index contributed by atoms with van der Waals surface area (Å²) >= 11 is 1.70. The van der Waals surface area contributed by atoms with Crippen molar-refractivity contribution in [2.24, 2.45) is 0 Å². The van der Waals surface area contributed by atoms with E-state index < -0.39 is 5.92 Å². The first-order valence-electron chi connectivity index (χ1n) is 11.0. The molecule has 5 nitrogen and oxygen atoms in total. The van der Waals surface area contributed by atoms with Gasteiger partial charge in [-0.05, 0) is 50.0 Å². The molecule has 8 heteroatoms. The van der Waals surface area contributed by atoms with Gasteiger partial charge in [0.2, 0.25) is 5.88 Å². The van der Waals surface area contributed by atoms with Gasteiger partial charge >= 0.3 is 0 Å². The largest absolute Gasteiger partial charge is 0.474 e. The first-order chi connectivity index (χ1) is 14.5. The van der Waals surface area contributed by atoms with Gasteiger partial charge in [0.05, 0.1) is 5.39 Å². The highest BCUT2D eigenvalue weighted by molar-refractivity contribution is 7.19. The first-order valence-corrected chi connectivity index (χ1v) is 11.8. The monoisotopic (exact) mass is 435 g/mol. The van der Waals surface area contributed by atoms with Gasteiger partial charge in [-0.3, -0.25) is 4.90 Å². The first kappa shape index (κ1) is 20.2. The minimum Gasteiger partial charge on any atom is -0.474 e. The van der Waals surface area contributed by atoms with Crippen LogP contribution in [0.1, 0.15) is 67.7 Å². The van der Waals surface area contributed by atoms with E-state index in [-0.39, 0.29) is 24.9 Å². The van der Waals surface area contributed by atoms with Gasteiger partial charge in [-0.15, -0.1) is 11.3 Å². The maximum Gasteiger partial charge on any atom is 0.250 e. The molecule has 1 atom stereocenters. The lowest BCUT2D eigenvalue weighted by Crippen LogP contribution is -2.47. The molecule has 30 heavy (non-hydrogen) atoms. The molecule has 2 fully saturated rings. The molecule has 1 saturated heterocycles. The van der Waals surface area contributed by atoms with Gasteiger partial charge < -0.3 is 9.53 Å². The molecule has 0 unspecified atom stereocenters. The van der Waals surface area contributed by atoms with Crippen LogP contribution >= 0.6 is 11.3 Å². The SMILES string of the molecule is O=CC[C@H]1CCc2sc3ncnc(O[C@H]4CC[C@H](N5CCC(F)(F)CC5)CC4)c3c21. The highest BCUT2D eigenvalue weighted by Crippen LogP contribution is 2.47. The molecule has 0 amide bonds. The number of aryl methyl sites for hydroxylation is 1. The molecular weight excluding hydrogens is 408 g/mol. The molecule has 0 spiro atoms. The fraction of sp³-hybridized carbons (Fsp3) is 0.682. The molecule has 0 radical (unpaired) electrons. The summed E-state index contributed by atoms with van der Waals surface area (Å²) in [5.41, 5.74) is 1.22. The van der Waals surface area contributed by atoms with Crippen molar-refractivity contribution in [3.05, 3.63) is 16.8 Å². The van der Waals surface area contributed by atoms with Crippen LogP contribution in [0.25, 0.3) is 10.2 Å². The molecule has 0 bridgehead atoms. The highest BCUT2D eigenvalue weighted by atomic mass is 32.1. The topological polar surface area (TPSA) is 55.3 Å². The average molecular weight is 436 g/mol. The Bertz CT molecular complexity index is 916. The number of thiophene rings is 1. The van der Waals surface area contributed by atoms with Crippen molar-refractivity contribution >= 4 is 27.8 Å². The molecule has 3 aliphatic rings. The maximum absolute atomic E-state index is 13.4. The van der Waals surface area contributed by atoms with E-state index in [1.807, 2.05) is 0 Å². The van der Waals surface area contributed by atoms with Crippen LogP contribution in [0.15, 0.2) is 6.33 Å². The van der Waals surface area contributed by atoms with Gasteiger partial charge in [0, 0.05) is 43.3 Å². The van der Waals surface area contributed by atoms with E-state index in [2.05, 4.69) is 14.9 Å². The van der Waals surface area contributed by atoms with Gasteiger partial charge in [-0.25, -0.2) is 18.7 Å². The summed E-state index contributed by atoms with van der Waals surface area (Å²) < 4.78 is 33.3. The summed E-state index contributed by atoms with van der Waals surface area (Å²) in [6.45, 7) is 0.990. The van der Waals surface area contributed by atoms with Crippen LogP contribution in [0.5, 0.6) is 5.88 Å². The average Bonchev–Trinajstić information content (AvgIpc) is 3.29. The van der Waals surface area contributed by atoms with Crippen LogP contribution in [0.2, 0.25) is 0 Å². The Labute approximate surface area is 178 Å². The summed E-state index contributed by atoms with van der Waals surface area (Å²) in [5, 5.41) is 1.00. The minimum absolute atomic E-state index is 0.0203. The van der Waals surface area contributed by atoms with Crippen LogP contribution in [-0.2, 0) is 11.2 Å². The Morgan fingerprint density at radius 1 is 1.17 bits per heavy atom. The number of carbonyl (C=O) groups is 1. The maximum atomic E-state index is 13.4. The van der Waals surface area contributed by atoms with Crippen LogP contribution in [0.4, 0.5) is 8.78 Å². The fourth-order valence-electron chi connectivity index (χ4n) is 5.38. The van der Waals surface area contributed by atoms with Crippen LogP contribution in [-0.4, -0.2) is 52.3 Å². The van der Waals surface area contributed by atoms with Crippen LogP contribution < -0.4 is 4.74 Å². The van der Waals surface area contributed by atoms with Gasteiger partial charge in [0.1, 0.15) is 23.5 Å². The van der Waals surface area contributed by atoms with E-state index in [1.54, 1.807) is 17.7 Å². The number of carbonyl (C=O) groups excluding carboxylic acids is 1. The Balaban J connectivity index is 1.27.